The van der Waals surface area contributed by atoms with Gasteiger partial charge in [-0.1, -0.05) is 24.3 Å². The van der Waals surface area contributed by atoms with E-state index in [1.807, 2.05) is 26.0 Å². The molecule has 0 aromatic heterocycles. The smallest absolute Gasteiger partial charge is 0.198 e. The predicted molar refractivity (Wildman–Crippen MR) is 99.1 cm³/mol. The summed E-state index contributed by atoms with van der Waals surface area (Å²) in [5.74, 6) is 0.109. The Labute approximate surface area is 154 Å². The van der Waals surface area contributed by atoms with E-state index in [0.29, 0.717) is 26.1 Å². The van der Waals surface area contributed by atoms with Gasteiger partial charge in [-0.05, 0) is 61.6 Å². The summed E-state index contributed by atoms with van der Waals surface area (Å²) in [5, 5.41) is 10.2. The molecule has 2 aromatic carbocycles. The molecule has 2 aliphatic rings. The molecule has 4 heteroatoms. The standard InChI is InChI=1S/C22H26O4/c1-3-24-20-8-5-16(6-9-20)11-17-4-7-18-14-25-22(21(18)12-17)13-19(23)10-15(2)26-22/h4-9,12,15,19,23H,3,10-11,13-14H2,1-2H3/t15?,19?,22-/m1/s1. The van der Waals surface area contributed by atoms with E-state index >= 15 is 0 Å². The summed E-state index contributed by atoms with van der Waals surface area (Å²) < 4.78 is 17.7. The first-order valence-electron chi connectivity index (χ1n) is 9.42. The van der Waals surface area contributed by atoms with Gasteiger partial charge in [-0.3, -0.25) is 0 Å². The minimum absolute atomic E-state index is 0.0144. The first kappa shape index (κ1) is 17.5. The molecule has 2 heterocycles. The molecular weight excluding hydrogens is 328 g/mol. The first-order valence-corrected chi connectivity index (χ1v) is 9.42. The third-order valence-electron chi connectivity index (χ3n) is 5.19. The lowest BCUT2D eigenvalue weighted by Crippen LogP contribution is -2.43. The Kier molecular flexibility index (Phi) is 4.74. The van der Waals surface area contributed by atoms with E-state index in [1.54, 1.807) is 0 Å². The third-order valence-corrected chi connectivity index (χ3v) is 5.19. The van der Waals surface area contributed by atoms with Gasteiger partial charge in [0, 0.05) is 12.0 Å². The van der Waals surface area contributed by atoms with Crippen LogP contribution in [0.5, 0.6) is 5.75 Å². The minimum Gasteiger partial charge on any atom is -0.494 e. The normalized spacial score (nSPS) is 27.5. The average molecular weight is 354 g/mol. The summed E-state index contributed by atoms with van der Waals surface area (Å²) in [6.45, 7) is 5.20. The van der Waals surface area contributed by atoms with Crippen molar-refractivity contribution >= 4 is 0 Å². The van der Waals surface area contributed by atoms with Crippen LogP contribution in [0.15, 0.2) is 42.5 Å². The fourth-order valence-corrected chi connectivity index (χ4v) is 4.06. The number of aliphatic hydroxyl groups excluding tert-OH is 1. The van der Waals surface area contributed by atoms with Crippen LogP contribution in [-0.4, -0.2) is 23.9 Å². The van der Waals surface area contributed by atoms with E-state index in [9.17, 15) is 5.11 Å². The van der Waals surface area contributed by atoms with E-state index in [2.05, 4.69) is 30.3 Å². The van der Waals surface area contributed by atoms with E-state index in [0.717, 1.165) is 23.3 Å². The molecule has 1 N–H and O–H groups in total. The van der Waals surface area contributed by atoms with Crippen molar-refractivity contribution in [2.24, 2.45) is 0 Å². The van der Waals surface area contributed by atoms with Gasteiger partial charge in [0.1, 0.15) is 5.75 Å². The SMILES string of the molecule is CCOc1ccc(Cc2ccc3c(c2)[C@]2(CC(O)CC(C)O2)OC3)cc1. The van der Waals surface area contributed by atoms with E-state index in [4.69, 9.17) is 14.2 Å². The average Bonchev–Trinajstić information content (AvgIpc) is 2.93. The predicted octanol–water partition coefficient (Wildman–Crippen LogP) is 3.92. The molecule has 2 unspecified atom stereocenters. The van der Waals surface area contributed by atoms with Crippen LogP contribution >= 0.6 is 0 Å². The molecule has 1 fully saturated rings. The van der Waals surface area contributed by atoms with Crippen molar-refractivity contribution in [3.8, 4) is 5.75 Å². The van der Waals surface area contributed by atoms with Gasteiger partial charge in [0.25, 0.3) is 0 Å². The lowest BCUT2D eigenvalue weighted by Gasteiger charge is -2.39. The maximum absolute atomic E-state index is 10.2. The molecule has 0 bridgehead atoms. The summed E-state index contributed by atoms with van der Waals surface area (Å²) in [5.41, 5.74) is 4.68. The van der Waals surface area contributed by atoms with Gasteiger partial charge >= 0.3 is 0 Å². The molecule has 0 aliphatic carbocycles. The number of hydrogen-bond donors (Lipinski definition) is 1. The molecule has 1 spiro atoms. The van der Waals surface area contributed by atoms with Crippen molar-refractivity contribution in [2.45, 2.75) is 57.7 Å². The molecule has 2 aliphatic heterocycles. The molecule has 0 amide bonds. The van der Waals surface area contributed by atoms with Crippen LogP contribution < -0.4 is 4.74 Å². The van der Waals surface area contributed by atoms with E-state index < -0.39 is 5.79 Å². The highest BCUT2D eigenvalue weighted by Gasteiger charge is 2.47. The molecule has 3 atom stereocenters. The molecule has 138 valence electrons. The number of hydrogen-bond acceptors (Lipinski definition) is 4. The van der Waals surface area contributed by atoms with E-state index in [-0.39, 0.29) is 12.2 Å². The highest BCUT2D eigenvalue weighted by molar-refractivity contribution is 5.40. The van der Waals surface area contributed by atoms with Crippen molar-refractivity contribution < 1.29 is 19.3 Å². The molecule has 2 aromatic rings. The highest BCUT2D eigenvalue weighted by Crippen LogP contribution is 2.45. The second-order valence-electron chi connectivity index (χ2n) is 7.31. The number of rotatable bonds is 4. The van der Waals surface area contributed by atoms with Gasteiger partial charge in [0.05, 0.1) is 25.4 Å². The number of benzene rings is 2. The van der Waals surface area contributed by atoms with Crippen molar-refractivity contribution in [3.05, 3.63) is 64.7 Å². The Morgan fingerprint density at radius 2 is 1.92 bits per heavy atom. The Morgan fingerprint density at radius 3 is 2.65 bits per heavy atom. The molecular formula is C22H26O4. The Hall–Kier alpha value is -1.88. The molecule has 1 saturated heterocycles. The van der Waals surface area contributed by atoms with Gasteiger partial charge in [0.15, 0.2) is 5.79 Å². The van der Waals surface area contributed by atoms with Crippen LogP contribution in [0.25, 0.3) is 0 Å². The van der Waals surface area contributed by atoms with Crippen molar-refractivity contribution in [3.63, 3.8) is 0 Å². The van der Waals surface area contributed by atoms with Crippen LogP contribution in [0.4, 0.5) is 0 Å². The third kappa shape index (κ3) is 3.37. The van der Waals surface area contributed by atoms with Crippen LogP contribution in [0.1, 0.15) is 48.9 Å². The number of aliphatic hydroxyl groups is 1. The van der Waals surface area contributed by atoms with E-state index in [1.165, 1.54) is 11.1 Å². The van der Waals surface area contributed by atoms with Gasteiger partial charge in [-0.15, -0.1) is 0 Å². The van der Waals surface area contributed by atoms with Gasteiger partial charge in [-0.2, -0.15) is 0 Å². The maximum Gasteiger partial charge on any atom is 0.198 e. The molecule has 4 nitrogen and oxygen atoms in total. The zero-order valence-corrected chi connectivity index (χ0v) is 15.4. The highest BCUT2D eigenvalue weighted by atomic mass is 16.7. The summed E-state index contributed by atoms with van der Waals surface area (Å²) in [4.78, 5) is 0. The van der Waals surface area contributed by atoms with Crippen LogP contribution in [0.3, 0.4) is 0 Å². The van der Waals surface area contributed by atoms with Crippen LogP contribution in [-0.2, 0) is 28.3 Å². The fourth-order valence-electron chi connectivity index (χ4n) is 4.06. The Morgan fingerprint density at radius 1 is 1.15 bits per heavy atom. The first-order chi connectivity index (χ1) is 12.6. The molecule has 4 rings (SSSR count). The Balaban J connectivity index is 1.58. The zero-order valence-electron chi connectivity index (χ0n) is 15.4. The van der Waals surface area contributed by atoms with Crippen molar-refractivity contribution in [2.75, 3.05) is 6.61 Å². The maximum atomic E-state index is 10.2. The quantitative estimate of drug-likeness (QED) is 0.904. The Bertz CT molecular complexity index is 758. The number of fused-ring (bicyclic) bond motifs is 2. The van der Waals surface area contributed by atoms with Gasteiger partial charge in [0.2, 0.25) is 0 Å². The van der Waals surface area contributed by atoms with Gasteiger partial charge < -0.3 is 19.3 Å². The van der Waals surface area contributed by atoms with Crippen LogP contribution in [0, 0.1) is 0 Å². The van der Waals surface area contributed by atoms with Crippen LogP contribution in [0.2, 0.25) is 0 Å². The largest absolute Gasteiger partial charge is 0.494 e. The molecule has 0 saturated carbocycles. The van der Waals surface area contributed by atoms with Gasteiger partial charge in [-0.25, -0.2) is 0 Å². The minimum atomic E-state index is -0.790. The van der Waals surface area contributed by atoms with Crippen molar-refractivity contribution in [1.82, 2.24) is 0 Å². The summed E-state index contributed by atoms with van der Waals surface area (Å²) in [7, 11) is 0. The topological polar surface area (TPSA) is 47.9 Å². The second kappa shape index (κ2) is 7.03. The summed E-state index contributed by atoms with van der Waals surface area (Å²) in [6.07, 6.45) is 1.59. The molecule has 26 heavy (non-hydrogen) atoms. The fraction of sp³-hybridized carbons (Fsp3) is 0.455. The monoisotopic (exact) mass is 354 g/mol. The second-order valence-corrected chi connectivity index (χ2v) is 7.31. The lowest BCUT2D eigenvalue weighted by atomic mass is 9.90. The number of ether oxygens (including phenoxy) is 3. The molecule has 0 radical (unpaired) electrons. The zero-order chi connectivity index (χ0) is 18.1. The lowest BCUT2D eigenvalue weighted by molar-refractivity contribution is -0.295. The summed E-state index contributed by atoms with van der Waals surface area (Å²) >= 11 is 0. The summed E-state index contributed by atoms with van der Waals surface area (Å²) in [6, 6.07) is 14.7. The van der Waals surface area contributed by atoms with Crippen molar-refractivity contribution in [1.29, 1.82) is 0 Å².